The van der Waals surface area contributed by atoms with Crippen LogP contribution in [0, 0.1) is 10.1 Å². The van der Waals surface area contributed by atoms with Gasteiger partial charge >= 0.3 is 5.97 Å². The zero-order valence-electron chi connectivity index (χ0n) is 11.6. The largest absolute Gasteiger partial charge is 0.481 e. The van der Waals surface area contributed by atoms with Crippen LogP contribution in [0.5, 0.6) is 0 Å². The maximum atomic E-state index is 12.3. The summed E-state index contributed by atoms with van der Waals surface area (Å²) in [6.45, 7) is 3.69. The van der Waals surface area contributed by atoms with Crippen LogP contribution in [-0.4, -0.2) is 44.0 Å². The molecule has 1 atom stereocenters. The molecule has 1 unspecified atom stereocenters. The van der Waals surface area contributed by atoms with Crippen molar-refractivity contribution in [3.63, 3.8) is 0 Å². The minimum absolute atomic E-state index is 0.163. The number of aromatic nitrogens is 1. The molecule has 20 heavy (non-hydrogen) atoms. The van der Waals surface area contributed by atoms with E-state index in [9.17, 15) is 19.7 Å². The smallest absolute Gasteiger partial charge is 0.305 e. The molecule has 0 aromatic carbocycles. The molecule has 1 rings (SSSR count). The predicted molar refractivity (Wildman–Crippen MR) is 70.5 cm³/mol. The van der Waals surface area contributed by atoms with Crippen molar-refractivity contribution in [3.05, 3.63) is 28.1 Å². The molecule has 1 aromatic rings. The highest BCUT2D eigenvalue weighted by Crippen LogP contribution is 2.18. The first-order valence-corrected chi connectivity index (χ1v) is 6.11. The summed E-state index contributed by atoms with van der Waals surface area (Å²) in [5, 5.41) is 19.5. The van der Waals surface area contributed by atoms with Gasteiger partial charge in [0.2, 0.25) is 0 Å². The van der Waals surface area contributed by atoms with Crippen LogP contribution in [0.3, 0.4) is 0 Å². The van der Waals surface area contributed by atoms with Crippen molar-refractivity contribution in [2.75, 3.05) is 6.54 Å². The second-order valence-electron chi connectivity index (χ2n) is 4.49. The summed E-state index contributed by atoms with van der Waals surface area (Å²) in [6.07, 6.45) is 1.08. The van der Waals surface area contributed by atoms with Crippen LogP contribution >= 0.6 is 0 Å². The van der Waals surface area contributed by atoms with Crippen molar-refractivity contribution in [1.29, 1.82) is 0 Å². The molecule has 1 N–H and O–H groups in total. The van der Waals surface area contributed by atoms with E-state index in [1.807, 2.05) is 0 Å². The predicted octanol–water partition coefficient (Wildman–Crippen LogP) is 1.26. The summed E-state index contributed by atoms with van der Waals surface area (Å²) in [6, 6.07) is 0.706. The standard InChI is InChI=1S/C12H17N3O5/c1-4-14(8(2)5-11(16)17)12(18)10-6-9(15(19)20)7-13(10)3/h6-8H,4-5H2,1-3H3,(H,16,17). The lowest BCUT2D eigenvalue weighted by molar-refractivity contribution is -0.384. The maximum absolute atomic E-state index is 12.3. The van der Waals surface area contributed by atoms with E-state index in [4.69, 9.17) is 5.11 Å². The highest BCUT2D eigenvalue weighted by molar-refractivity contribution is 5.94. The number of carbonyl (C=O) groups excluding carboxylic acids is 1. The van der Waals surface area contributed by atoms with Gasteiger partial charge in [-0.05, 0) is 13.8 Å². The SMILES string of the molecule is CCN(C(=O)c1cc([N+](=O)[O-])cn1C)C(C)CC(=O)O. The summed E-state index contributed by atoms with van der Waals surface area (Å²) in [7, 11) is 1.54. The van der Waals surface area contributed by atoms with E-state index in [2.05, 4.69) is 0 Å². The Morgan fingerprint density at radius 3 is 2.55 bits per heavy atom. The molecule has 110 valence electrons. The van der Waals surface area contributed by atoms with E-state index >= 15 is 0 Å². The molecule has 0 bridgehead atoms. The van der Waals surface area contributed by atoms with Crippen molar-refractivity contribution in [1.82, 2.24) is 9.47 Å². The second kappa shape index (κ2) is 6.18. The molecule has 1 amide bonds. The van der Waals surface area contributed by atoms with Gasteiger partial charge in [0, 0.05) is 25.7 Å². The molecular formula is C12H17N3O5. The Bertz CT molecular complexity index is 537. The molecule has 0 spiro atoms. The van der Waals surface area contributed by atoms with Gasteiger partial charge in [-0.2, -0.15) is 0 Å². The van der Waals surface area contributed by atoms with Gasteiger partial charge in [-0.25, -0.2) is 0 Å². The summed E-state index contributed by atoms with van der Waals surface area (Å²) >= 11 is 0. The third-order valence-electron chi connectivity index (χ3n) is 3.02. The first-order valence-electron chi connectivity index (χ1n) is 6.11. The average molecular weight is 283 g/mol. The van der Waals surface area contributed by atoms with E-state index in [0.717, 1.165) is 0 Å². The number of amides is 1. The van der Waals surface area contributed by atoms with Crippen molar-refractivity contribution in [2.24, 2.45) is 7.05 Å². The molecule has 0 saturated heterocycles. The maximum Gasteiger partial charge on any atom is 0.305 e. The number of nitro groups is 1. The number of aliphatic carboxylic acids is 1. The lowest BCUT2D eigenvalue weighted by atomic mass is 10.2. The van der Waals surface area contributed by atoms with Gasteiger partial charge in [-0.3, -0.25) is 19.7 Å². The molecule has 0 aliphatic rings. The number of carbonyl (C=O) groups is 2. The normalized spacial score (nSPS) is 11.9. The van der Waals surface area contributed by atoms with Gasteiger partial charge in [-0.1, -0.05) is 0 Å². The van der Waals surface area contributed by atoms with E-state index in [1.54, 1.807) is 13.8 Å². The lowest BCUT2D eigenvalue weighted by Crippen LogP contribution is -2.40. The number of nitrogens with zero attached hydrogens (tertiary/aromatic N) is 3. The van der Waals surface area contributed by atoms with Crippen LogP contribution in [0.1, 0.15) is 30.8 Å². The molecule has 1 heterocycles. The lowest BCUT2D eigenvalue weighted by Gasteiger charge is -2.27. The van der Waals surface area contributed by atoms with E-state index in [-0.39, 0.29) is 17.8 Å². The highest BCUT2D eigenvalue weighted by atomic mass is 16.6. The number of rotatable bonds is 6. The Labute approximate surface area is 115 Å². The number of hydrogen-bond donors (Lipinski definition) is 1. The number of carboxylic acid groups (broad SMARTS) is 1. The summed E-state index contributed by atoms with van der Waals surface area (Å²) in [5.41, 5.74) is -0.00594. The van der Waals surface area contributed by atoms with E-state index in [1.165, 1.54) is 28.8 Å². The van der Waals surface area contributed by atoms with Crippen LogP contribution in [0.4, 0.5) is 5.69 Å². The fraction of sp³-hybridized carbons (Fsp3) is 0.500. The van der Waals surface area contributed by atoms with E-state index in [0.29, 0.717) is 6.54 Å². The van der Waals surface area contributed by atoms with Crippen LogP contribution in [0.2, 0.25) is 0 Å². The topological polar surface area (TPSA) is 106 Å². The van der Waals surface area contributed by atoms with Gasteiger partial charge in [0.05, 0.1) is 17.5 Å². The third-order valence-corrected chi connectivity index (χ3v) is 3.02. The summed E-state index contributed by atoms with van der Waals surface area (Å²) in [4.78, 5) is 34.6. The van der Waals surface area contributed by atoms with Crippen molar-refractivity contribution >= 4 is 17.6 Å². The average Bonchev–Trinajstić information content (AvgIpc) is 2.71. The quantitative estimate of drug-likeness (QED) is 0.625. The first kappa shape index (κ1) is 15.7. The molecule has 0 fully saturated rings. The molecule has 0 saturated carbocycles. The van der Waals surface area contributed by atoms with Gasteiger partial charge in [0.15, 0.2) is 0 Å². The van der Waals surface area contributed by atoms with Crippen LogP contribution in [0.25, 0.3) is 0 Å². The molecule has 0 aliphatic carbocycles. The molecule has 0 radical (unpaired) electrons. The zero-order chi connectivity index (χ0) is 15.4. The minimum atomic E-state index is -0.999. The van der Waals surface area contributed by atoms with Crippen LogP contribution in [0.15, 0.2) is 12.3 Å². The van der Waals surface area contributed by atoms with E-state index < -0.39 is 22.8 Å². The minimum Gasteiger partial charge on any atom is -0.481 e. The van der Waals surface area contributed by atoms with Crippen molar-refractivity contribution in [2.45, 2.75) is 26.3 Å². The number of hydrogen-bond acceptors (Lipinski definition) is 4. The van der Waals surface area contributed by atoms with Gasteiger partial charge in [-0.15, -0.1) is 0 Å². The van der Waals surface area contributed by atoms with Gasteiger partial charge in [0.25, 0.3) is 11.6 Å². The summed E-state index contributed by atoms with van der Waals surface area (Å²) in [5.74, 6) is -1.42. The van der Waals surface area contributed by atoms with Crippen LogP contribution < -0.4 is 0 Å². The number of carboxylic acids is 1. The second-order valence-corrected chi connectivity index (χ2v) is 4.49. The number of aryl methyl sites for hydroxylation is 1. The fourth-order valence-electron chi connectivity index (χ4n) is 2.03. The van der Waals surface area contributed by atoms with Gasteiger partial charge < -0.3 is 14.6 Å². The Kier molecular flexibility index (Phi) is 4.84. The Hall–Kier alpha value is -2.38. The molecule has 1 aromatic heterocycles. The molecular weight excluding hydrogens is 266 g/mol. The monoisotopic (exact) mass is 283 g/mol. The Morgan fingerprint density at radius 1 is 1.55 bits per heavy atom. The Balaban J connectivity index is 3.02. The van der Waals surface area contributed by atoms with Crippen LogP contribution in [-0.2, 0) is 11.8 Å². The van der Waals surface area contributed by atoms with Crippen molar-refractivity contribution < 1.29 is 19.6 Å². The third kappa shape index (κ3) is 3.34. The Morgan fingerprint density at radius 2 is 2.15 bits per heavy atom. The van der Waals surface area contributed by atoms with Gasteiger partial charge in [0.1, 0.15) is 5.69 Å². The molecule has 0 aliphatic heterocycles. The summed E-state index contributed by atoms with van der Waals surface area (Å²) < 4.78 is 1.37. The first-order chi connectivity index (χ1) is 9.27. The zero-order valence-corrected chi connectivity index (χ0v) is 11.6. The fourth-order valence-corrected chi connectivity index (χ4v) is 2.03. The molecule has 8 heteroatoms. The molecule has 8 nitrogen and oxygen atoms in total. The van der Waals surface area contributed by atoms with Crippen molar-refractivity contribution in [3.8, 4) is 0 Å². The highest BCUT2D eigenvalue weighted by Gasteiger charge is 2.26.